The normalized spacial score (nSPS) is 20.2. The second-order valence-electron chi connectivity index (χ2n) is 9.31. The number of rotatable bonds is 6. The first-order valence-corrected chi connectivity index (χ1v) is 11.7. The molecular weight excluding hydrogens is 398 g/mol. The maximum Gasteiger partial charge on any atom is 0.339 e. The van der Waals surface area contributed by atoms with Crippen LogP contribution in [0.2, 0.25) is 5.02 Å². The Bertz CT molecular complexity index is 820. The van der Waals surface area contributed by atoms with E-state index in [1.54, 1.807) is 12.1 Å². The van der Waals surface area contributed by atoms with Gasteiger partial charge in [0.25, 0.3) is 0 Å². The van der Waals surface area contributed by atoms with Gasteiger partial charge in [-0.3, -0.25) is 4.79 Å². The van der Waals surface area contributed by atoms with E-state index in [0.717, 1.165) is 61.8 Å². The molecule has 0 spiro atoms. The molecule has 1 aromatic carbocycles. The van der Waals surface area contributed by atoms with Crippen LogP contribution in [0.25, 0.3) is 5.70 Å². The zero-order valence-electron chi connectivity index (χ0n) is 18.5. The van der Waals surface area contributed by atoms with Crippen molar-refractivity contribution in [3.63, 3.8) is 0 Å². The lowest BCUT2D eigenvalue weighted by Gasteiger charge is -2.36. The van der Waals surface area contributed by atoms with Crippen LogP contribution in [0.5, 0.6) is 0 Å². The Hall–Kier alpha value is -1.81. The third-order valence-corrected chi connectivity index (χ3v) is 6.40. The zero-order valence-corrected chi connectivity index (χ0v) is 19.2. The molecule has 0 bridgehead atoms. The van der Waals surface area contributed by atoms with Gasteiger partial charge in [-0.1, -0.05) is 50.6 Å². The molecule has 164 valence electrons. The first-order valence-electron chi connectivity index (χ1n) is 11.3. The minimum absolute atomic E-state index is 0.0982. The van der Waals surface area contributed by atoms with Crippen molar-refractivity contribution in [1.29, 1.82) is 0 Å². The molecule has 1 aliphatic heterocycles. The van der Waals surface area contributed by atoms with E-state index in [-0.39, 0.29) is 17.2 Å². The summed E-state index contributed by atoms with van der Waals surface area (Å²) in [7, 11) is 0. The Morgan fingerprint density at radius 3 is 2.57 bits per heavy atom. The quantitative estimate of drug-likeness (QED) is 0.256. The second-order valence-corrected chi connectivity index (χ2v) is 9.72. The van der Waals surface area contributed by atoms with Crippen molar-refractivity contribution in [3.05, 3.63) is 39.9 Å². The van der Waals surface area contributed by atoms with Crippen molar-refractivity contribution in [2.45, 2.75) is 84.1 Å². The van der Waals surface area contributed by atoms with Crippen LogP contribution in [0.1, 0.15) is 93.6 Å². The predicted molar refractivity (Wildman–Crippen MR) is 122 cm³/mol. The van der Waals surface area contributed by atoms with E-state index in [2.05, 4.69) is 26.1 Å². The van der Waals surface area contributed by atoms with Gasteiger partial charge in [-0.05, 0) is 57.2 Å². The molecule has 1 fully saturated rings. The number of ketones is 1. The number of nitrogens with one attached hydrogen (secondary N) is 1. The number of carbonyl (C=O) groups excluding carboxylic acids is 2. The summed E-state index contributed by atoms with van der Waals surface area (Å²) in [5.74, 6) is -0.123. The van der Waals surface area contributed by atoms with Gasteiger partial charge in [-0.2, -0.15) is 0 Å². The van der Waals surface area contributed by atoms with Crippen molar-refractivity contribution >= 4 is 29.1 Å². The van der Waals surface area contributed by atoms with Crippen LogP contribution in [0.3, 0.4) is 0 Å². The SMILES string of the molecule is CCCCOC(=O)c1cc2c(cc1Cl)CC(C)(C)N/C2=C\C(=O)C1CCCCCC1. The lowest BCUT2D eigenvalue weighted by Crippen LogP contribution is -2.44. The van der Waals surface area contributed by atoms with Gasteiger partial charge >= 0.3 is 5.97 Å². The van der Waals surface area contributed by atoms with Crippen molar-refractivity contribution in [3.8, 4) is 0 Å². The van der Waals surface area contributed by atoms with E-state index >= 15 is 0 Å². The third-order valence-electron chi connectivity index (χ3n) is 6.08. The van der Waals surface area contributed by atoms with E-state index in [0.29, 0.717) is 17.2 Å². The standard InChI is InChI=1S/C25H34ClNO3/c1-4-5-12-30-24(29)20-14-19-18(13-21(20)26)16-25(2,3)27-22(19)15-23(28)17-10-8-6-7-9-11-17/h13-15,17,27H,4-12,16H2,1-3H3/b22-15-. The molecule has 0 atom stereocenters. The average Bonchev–Trinajstić information content (AvgIpc) is 2.96. The van der Waals surface area contributed by atoms with Crippen LogP contribution < -0.4 is 5.32 Å². The molecule has 1 saturated carbocycles. The minimum Gasteiger partial charge on any atom is -0.462 e. The Morgan fingerprint density at radius 1 is 1.20 bits per heavy atom. The topological polar surface area (TPSA) is 55.4 Å². The lowest BCUT2D eigenvalue weighted by molar-refractivity contribution is -0.118. The molecule has 4 nitrogen and oxygen atoms in total. The number of benzene rings is 1. The van der Waals surface area contributed by atoms with Crippen LogP contribution in [0.15, 0.2) is 18.2 Å². The molecular formula is C25H34ClNO3. The largest absolute Gasteiger partial charge is 0.462 e. The fraction of sp³-hybridized carbons (Fsp3) is 0.600. The molecule has 5 heteroatoms. The van der Waals surface area contributed by atoms with Crippen LogP contribution in [-0.4, -0.2) is 23.9 Å². The predicted octanol–water partition coefficient (Wildman–Crippen LogP) is 6.10. The van der Waals surface area contributed by atoms with Crippen LogP contribution in [0, 0.1) is 5.92 Å². The van der Waals surface area contributed by atoms with E-state index in [9.17, 15) is 9.59 Å². The Labute approximate surface area is 185 Å². The number of allylic oxidation sites excluding steroid dienone is 1. The van der Waals surface area contributed by atoms with Gasteiger partial charge in [-0.15, -0.1) is 0 Å². The Morgan fingerprint density at radius 2 is 1.90 bits per heavy atom. The smallest absolute Gasteiger partial charge is 0.339 e. The highest BCUT2D eigenvalue weighted by atomic mass is 35.5. The number of unbranched alkanes of at least 4 members (excludes halogenated alkanes) is 1. The lowest BCUT2D eigenvalue weighted by atomic mass is 9.84. The van der Waals surface area contributed by atoms with E-state index < -0.39 is 5.97 Å². The van der Waals surface area contributed by atoms with Gasteiger partial charge in [-0.25, -0.2) is 4.79 Å². The molecule has 2 aliphatic rings. The van der Waals surface area contributed by atoms with Gasteiger partial charge in [0.2, 0.25) is 0 Å². The van der Waals surface area contributed by atoms with Gasteiger partial charge in [0.1, 0.15) is 0 Å². The average molecular weight is 432 g/mol. The number of hydrogen-bond donors (Lipinski definition) is 1. The number of carbonyl (C=O) groups is 2. The summed E-state index contributed by atoms with van der Waals surface area (Å²) in [4.78, 5) is 25.6. The molecule has 1 aromatic rings. The monoisotopic (exact) mass is 431 g/mol. The number of esters is 1. The van der Waals surface area contributed by atoms with Gasteiger partial charge < -0.3 is 10.1 Å². The summed E-state index contributed by atoms with van der Waals surface area (Å²) in [6.07, 6.45) is 10.9. The molecule has 0 radical (unpaired) electrons. The molecule has 1 heterocycles. The fourth-order valence-corrected chi connectivity index (χ4v) is 4.71. The van der Waals surface area contributed by atoms with E-state index in [1.807, 2.05) is 6.07 Å². The highest BCUT2D eigenvalue weighted by Crippen LogP contribution is 2.34. The second kappa shape index (κ2) is 10.00. The molecule has 1 N–H and O–H groups in total. The highest BCUT2D eigenvalue weighted by molar-refractivity contribution is 6.33. The highest BCUT2D eigenvalue weighted by Gasteiger charge is 2.31. The van der Waals surface area contributed by atoms with Crippen LogP contribution in [0.4, 0.5) is 0 Å². The molecule has 0 saturated heterocycles. The molecule has 3 rings (SSSR count). The first-order chi connectivity index (χ1) is 14.3. The van der Waals surface area contributed by atoms with Crippen molar-refractivity contribution < 1.29 is 14.3 Å². The third kappa shape index (κ3) is 5.66. The Balaban J connectivity index is 1.92. The van der Waals surface area contributed by atoms with Gasteiger partial charge in [0.05, 0.1) is 17.2 Å². The fourth-order valence-electron chi connectivity index (χ4n) is 4.44. The van der Waals surface area contributed by atoms with Gasteiger partial charge in [0, 0.05) is 28.8 Å². The minimum atomic E-state index is -0.407. The zero-order chi connectivity index (χ0) is 21.7. The van der Waals surface area contributed by atoms with Crippen molar-refractivity contribution in [2.24, 2.45) is 5.92 Å². The van der Waals surface area contributed by atoms with Crippen LogP contribution in [-0.2, 0) is 16.0 Å². The molecule has 0 unspecified atom stereocenters. The Kier molecular flexibility index (Phi) is 7.62. The van der Waals surface area contributed by atoms with E-state index in [4.69, 9.17) is 16.3 Å². The number of hydrogen-bond acceptors (Lipinski definition) is 4. The van der Waals surface area contributed by atoms with Gasteiger partial charge in [0.15, 0.2) is 5.78 Å². The summed E-state index contributed by atoms with van der Waals surface area (Å²) in [6, 6.07) is 3.65. The van der Waals surface area contributed by atoms with Crippen molar-refractivity contribution in [1.82, 2.24) is 5.32 Å². The summed E-state index contributed by atoms with van der Waals surface area (Å²) >= 11 is 6.45. The number of halogens is 1. The molecule has 0 amide bonds. The number of fused-ring (bicyclic) bond motifs is 1. The van der Waals surface area contributed by atoms with Crippen molar-refractivity contribution in [2.75, 3.05) is 6.61 Å². The summed E-state index contributed by atoms with van der Waals surface area (Å²) in [6.45, 7) is 6.66. The summed E-state index contributed by atoms with van der Waals surface area (Å²) in [5, 5.41) is 3.92. The van der Waals surface area contributed by atoms with Crippen LogP contribution >= 0.6 is 11.6 Å². The molecule has 30 heavy (non-hydrogen) atoms. The summed E-state index contributed by atoms with van der Waals surface area (Å²) < 4.78 is 5.38. The molecule has 1 aliphatic carbocycles. The number of ether oxygens (including phenoxy) is 1. The van der Waals surface area contributed by atoms with E-state index in [1.165, 1.54) is 12.8 Å². The maximum absolute atomic E-state index is 13.1. The molecule has 0 aromatic heterocycles. The summed E-state index contributed by atoms with van der Waals surface area (Å²) in [5.41, 5.74) is 2.88. The first kappa shape index (κ1) is 22.9. The maximum atomic E-state index is 13.1.